The summed E-state index contributed by atoms with van der Waals surface area (Å²) in [4.78, 5) is 11.4. The van der Waals surface area contributed by atoms with E-state index in [4.69, 9.17) is 17.3 Å². The standard InChI is InChI=1S/C11H12ClF3N2O/c12-8-4-1-3-7(11(13,14)15)10(8)17-9(18)5-2-6-16/h1,3-4H,2,5-6,16H2,(H,17,18). The number of halogens is 4. The smallest absolute Gasteiger partial charge is 0.330 e. The summed E-state index contributed by atoms with van der Waals surface area (Å²) in [6.07, 6.45) is -4.11. The molecule has 7 heteroatoms. The predicted molar refractivity (Wildman–Crippen MR) is 63.4 cm³/mol. The summed E-state index contributed by atoms with van der Waals surface area (Å²) in [6.45, 7) is 0.294. The minimum atomic E-state index is -4.57. The highest BCUT2D eigenvalue weighted by Crippen LogP contribution is 2.38. The summed E-state index contributed by atoms with van der Waals surface area (Å²) in [6, 6.07) is 3.33. The molecule has 0 heterocycles. The first-order valence-corrected chi connectivity index (χ1v) is 5.59. The summed E-state index contributed by atoms with van der Waals surface area (Å²) in [5, 5.41) is 2.03. The third-order valence-electron chi connectivity index (χ3n) is 2.19. The lowest BCUT2D eigenvalue weighted by Gasteiger charge is -2.15. The zero-order valence-electron chi connectivity index (χ0n) is 9.35. The lowest BCUT2D eigenvalue weighted by molar-refractivity contribution is -0.137. The molecule has 0 fully saturated rings. The highest BCUT2D eigenvalue weighted by atomic mass is 35.5. The van der Waals surface area contributed by atoms with Crippen LogP contribution in [-0.2, 0) is 11.0 Å². The van der Waals surface area contributed by atoms with E-state index in [9.17, 15) is 18.0 Å². The SMILES string of the molecule is NCCCC(=O)Nc1c(Cl)cccc1C(F)(F)F. The molecule has 100 valence electrons. The number of hydrogen-bond acceptors (Lipinski definition) is 2. The topological polar surface area (TPSA) is 55.1 Å². The van der Waals surface area contributed by atoms with Crippen molar-refractivity contribution in [3.05, 3.63) is 28.8 Å². The molecule has 18 heavy (non-hydrogen) atoms. The van der Waals surface area contributed by atoms with Gasteiger partial charge in [0.15, 0.2) is 0 Å². The number of alkyl halides is 3. The Hall–Kier alpha value is -1.27. The molecule has 0 unspecified atom stereocenters. The highest BCUT2D eigenvalue weighted by Gasteiger charge is 2.34. The van der Waals surface area contributed by atoms with Crippen LogP contribution in [0.5, 0.6) is 0 Å². The van der Waals surface area contributed by atoms with E-state index in [0.717, 1.165) is 6.07 Å². The maximum atomic E-state index is 12.7. The Labute approximate surface area is 107 Å². The van der Waals surface area contributed by atoms with E-state index in [2.05, 4.69) is 5.32 Å². The van der Waals surface area contributed by atoms with Crippen LogP contribution >= 0.6 is 11.6 Å². The Kier molecular flexibility index (Phi) is 4.98. The van der Waals surface area contributed by atoms with Crippen LogP contribution in [-0.4, -0.2) is 12.5 Å². The number of nitrogens with one attached hydrogen (secondary N) is 1. The first kappa shape index (κ1) is 14.8. The second kappa shape index (κ2) is 6.06. The van der Waals surface area contributed by atoms with Gasteiger partial charge in [0.1, 0.15) is 0 Å². The van der Waals surface area contributed by atoms with E-state index in [1.54, 1.807) is 0 Å². The molecular weight excluding hydrogens is 269 g/mol. The molecular formula is C11H12ClF3N2O. The quantitative estimate of drug-likeness (QED) is 0.891. The van der Waals surface area contributed by atoms with Gasteiger partial charge in [-0.1, -0.05) is 17.7 Å². The first-order valence-electron chi connectivity index (χ1n) is 5.22. The summed E-state index contributed by atoms with van der Waals surface area (Å²) in [7, 11) is 0. The summed E-state index contributed by atoms with van der Waals surface area (Å²) in [5.41, 5.74) is 3.84. The third kappa shape index (κ3) is 3.89. The molecule has 1 amide bonds. The van der Waals surface area contributed by atoms with Crippen molar-refractivity contribution in [2.45, 2.75) is 19.0 Å². The molecule has 3 N–H and O–H groups in total. The molecule has 0 aliphatic heterocycles. The van der Waals surface area contributed by atoms with Crippen molar-refractivity contribution in [3.8, 4) is 0 Å². The van der Waals surface area contributed by atoms with Gasteiger partial charge in [-0.05, 0) is 25.1 Å². The minimum Gasteiger partial charge on any atom is -0.330 e. The Morgan fingerprint density at radius 1 is 1.39 bits per heavy atom. The molecule has 0 spiro atoms. The summed E-state index contributed by atoms with van der Waals surface area (Å²) < 4.78 is 38.1. The van der Waals surface area contributed by atoms with E-state index in [1.807, 2.05) is 0 Å². The molecule has 0 saturated heterocycles. The van der Waals surface area contributed by atoms with Gasteiger partial charge < -0.3 is 11.1 Å². The van der Waals surface area contributed by atoms with Gasteiger partial charge in [0, 0.05) is 6.42 Å². The van der Waals surface area contributed by atoms with Gasteiger partial charge in [-0.2, -0.15) is 13.2 Å². The number of anilines is 1. The van der Waals surface area contributed by atoms with Crippen LogP contribution in [0.25, 0.3) is 0 Å². The zero-order chi connectivity index (χ0) is 13.8. The van der Waals surface area contributed by atoms with Gasteiger partial charge in [-0.3, -0.25) is 4.79 Å². The number of rotatable bonds is 4. The number of para-hydroxylation sites is 1. The van der Waals surface area contributed by atoms with Gasteiger partial charge in [-0.15, -0.1) is 0 Å². The minimum absolute atomic E-state index is 0.0546. The fourth-order valence-electron chi connectivity index (χ4n) is 1.35. The molecule has 1 rings (SSSR count). The summed E-state index contributed by atoms with van der Waals surface area (Å²) in [5.74, 6) is -0.543. The summed E-state index contributed by atoms with van der Waals surface area (Å²) >= 11 is 5.67. The van der Waals surface area contributed by atoms with Gasteiger partial charge in [-0.25, -0.2) is 0 Å². The van der Waals surface area contributed by atoms with Crippen LogP contribution < -0.4 is 11.1 Å². The Balaban J connectivity index is 2.97. The molecule has 1 aromatic carbocycles. The largest absolute Gasteiger partial charge is 0.418 e. The normalized spacial score (nSPS) is 11.4. The van der Waals surface area contributed by atoms with Crippen LogP contribution in [0.4, 0.5) is 18.9 Å². The second-order valence-corrected chi connectivity index (χ2v) is 4.01. The van der Waals surface area contributed by atoms with Crippen molar-refractivity contribution < 1.29 is 18.0 Å². The zero-order valence-corrected chi connectivity index (χ0v) is 10.1. The molecule has 1 aromatic rings. The van der Waals surface area contributed by atoms with Gasteiger partial charge in [0.2, 0.25) is 5.91 Å². The van der Waals surface area contributed by atoms with Gasteiger partial charge in [0.25, 0.3) is 0 Å². The van der Waals surface area contributed by atoms with Crippen LogP contribution in [0, 0.1) is 0 Å². The number of nitrogens with two attached hydrogens (primary N) is 1. The van der Waals surface area contributed by atoms with Crippen molar-refractivity contribution in [2.75, 3.05) is 11.9 Å². The van der Waals surface area contributed by atoms with E-state index >= 15 is 0 Å². The lowest BCUT2D eigenvalue weighted by Crippen LogP contribution is -2.17. The Morgan fingerprint density at radius 2 is 2.06 bits per heavy atom. The Bertz CT molecular complexity index is 435. The fraction of sp³-hybridized carbons (Fsp3) is 0.364. The number of benzene rings is 1. The first-order chi connectivity index (χ1) is 8.36. The Morgan fingerprint density at radius 3 is 2.61 bits per heavy atom. The molecule has 0 atom stereocenters. The van der Waals surface area contributed by atoms with Crippen LogP contribution in [0.2, 0.25) is 5.02 Å². The van der Waals surface area contributed by atoms with Crippen molar-refractivity contribution in [1.29, 1.82) is 0 Å². The second-order valence-electron chi connectivity index (χ2n) is 3.60. The van der Waals surface area contributed by atoms with Crippen molar-refractivity contribution in [3.63, 3.8) is 0 Å². The number of amides is 1. The molecule has 0 radical (unpaired) electrons. The van der Waals surface area contributed by atoms with Crippen molar-refractivity contribution >= 4 is 23.2 Å². The van der Waals surface area contributed by atoms with Crippen LogP contribution in [0.3, 0.4) is 0 Å². The molecule has 0 aliphatic carbocycles. The molecule has 0 aromatic heterocycles. The van der Waals surface area contributed by atoms with Crippen LogP contribution in [0.15, 0.2) is 18.2 Å². The number of carbonyl (C=O) groups is 1. The van der Waals surface area contributed by atoms with E-state index in [1.165, 1.54) is 12.1 Å². The van der Waals surface area contributed by atoms with Crippen LogP contribution in [0.1, 0.15) is 18.4 Å². The number of hydrogen-bond donors (Lipinski definition) is 2. The van der Waals surface area contributed by atoms with E-state index in [0.29, 0.717) is 13.0 Å². The maximum Gasteiger partial charge on any atom is 0.418 e. The van der Waals surface area contributed by atoms with E-state index < -0.39 is 23.3 Å². The van der Waals surface area contributed by atoms with E-state index in [-0.39, 0.29) is 11.4 Å². The monoisotopic (exact) mass is 280 g/mol. The average Bonchev–Trinajstić information content (AvgIpc) is 2.27. The molecule has 0 saturated carbocycles. The highest BCUT2D eigenvalue weighted by molar-refractivity contribution is 6.34. The average molecular weight is 281 g/mol. The molecule has 3 nitrogen and oxygen atoms in total. The third-order valence-corrected chi connectivity index (χ3v) is 2.51. The van der Waals surface area contributed by atoms with Gasteiger partial charge >= 0.3 is 6.18 Å². The van der Waals surface area contributed by atoms with Crippen molar-refractivity contribution in [2.24, 2.45) is 5.73 Å². The van der Waals surface area contributed by atoms with Crippen molar-refractivity contribution in [1.82, 2.24) is 0 Å². The van der Waals surface area contributed by atoms with Gasteiger partial charge in [0.05, 0.1) is 16.3 Å². The predicted octanol–water partition coefficient (Wildman–Crippen LogP) is 3.04. The molecule has 0 bridgehead atoms. The molecule has 0 aliphatic rings. The number of carbonyl (C=O) groups excluding carboxylic acids is 1. The lowest BCUT2D eigenvalue weighted by atomic mass is 10.1. The fourth-order valence-corrected chi connectivity index (χ4v) is 1.57. The maximum absolute atomic E-state index is 12.7.